The van der Waals surface area contributed by atoms with Crippen LogP contribution in [-0.4, -0.2) is 31.7 Å². The van der Waals surface area contributed by atoms with Crippen molar-refractivity contribution >= 4 is 5.91 Å². The van der Waals surface area contributed by atoms with Crippen LogP contribution in [0.25, 0.3) is 0 Å². The zero-order valence-electron chi connectivity index (χ0n) is 15.8. The number of aryl methyl sites for hydroxylation is 2. The predicted molar refractivity (Wildman–Crippen MR) is 105 cm³/mol. The maximum atomic E-state index is 12.5. The molecule has 0 saturated carbocycles. The summed E-state index contributed by atoms with van der Waals surface area (Å²) in [4.78, 5) is 27.2. The third-order valence-corrected chi connectivity index (χ3v) is 5.16. The van der Waals surface area contributed by atoms with Crippen molar-refractivity contribution in [1.29, 1.82) is 0 Å². The fourth-order valence-electron chi connectivity index (χ4n) is 3.62. The summed E-state index contributed by atoms with van der Waals surface area (Å²) in [5, 5.41) is 11.7. The smallest absolute Gasteiger partial charge is 0.260 e. The van der Waals surface area contributed by atoms with E-state index in [-0.39, 0.29) is 23.1 Å². The van der Waals surface area contributed by atoms with Crippen LogP contribution in [0.5, 0.6) is 0 Å². The first-order chi connectivity index (χ1) is 13.6. The Morgan fingerprint density at radius 1 is 1.18 bits per heavy atom. The molecule has 0 radical (unpaired) electrons. The summed E-state index contributed by atoms with van der Waals surface area (Å²) in [7, 11) is 0. The summed E-state index contributed by atoms with van der Waals surface area (Å²) >= 11 is 0. The van der Waals surface area contributed by atoms with E-state index in [1.807, 2.05) is 18.2 Å². The van der Waals surface area contributed by atoms with Crippen LogP contribution in [0.3, 0.4) is 0 Å². The summed E-state index contributed by atoms with van der Waals surface area (Å²) < 4.78 is 2.16. The molecule has 1 aromatic carbocycles. The molecule has 7 nitrogen and oxygen atoms in total. The van der Waals surface area contributed by atoms with E-state index in [4.69, 9.17) is 0 Å². The molecule has 1 unspecified atom stereocenters. The van der Waals surface area contributed by atoms with Crippen LogP contribution in [0.4, 0.5) is 0 Å². The van der Waals surface area contributed by atoms with Gasteiger partial charge in [0, 0.05) is 31.1 Å². The van der Waals surface area contributed by atoms with E-state index >= 15 is 0 Å². The molecule has 1 atom stereocenters. The molecule has 1 aliphatic heterocycles. The molecule has 3 heterocycles. The Balaban J connectivity index is 1.43. The van der Waals surface area contributed by atoms with Gasteiger partial charge < -0.3 is 14.9 Å². The Kier molecular flexibility index (Phi) is 5.06. The minimum absolute atomic E-state index is 0.000483. The number of aromatic nitrogens is 4. The summed E-state index contributed by atoms with van der Waals surface area (Å²) in [6, 6.07) is 13.5. The normalized spacial score (nSPS) is 16.2. The minimum atomic E-state index is -0.353. The quantitative estimate of drug-likeness (QED) is 0.727. The molecule has 7 heteroatoms. The van der Waals surface area contributed by atoms with Gasteiger partial charge in [-0.25, -0.2) is 0 Å². The van der Waals surface area contributed by atoms with Crippen LogP contribution >= 0.6 is 0 Å². The number of nitrogens with zero attached hydrogens (tertiary/aromatic N) is 3. The van der Waals surface area contributed by atoms with E-state index < -0.39 is 0 Å². The zero-order chi connectivity index (χ0) is 19.5. The molecular weight excluding hydrogens is 354 g/mol. The lowest BCUT2D eigenvalue weighted by atomic mass is 10.1. The maximum Gasteiger partial charge on any atom is 0.260 e. The van der Waals surface area contributed by atoms with Gasteiger partial charge in [0.2, 0.25) is 0 Å². The second kappa shape index (κ2) is 7.80. The fraction of sp³-hybridized carbons (Fsp3) is 0.333. The number of rotatable bonds is 4. The molecule has 2 N–H and O–H groups in total. The highest BCUT2D eigenvalue weighted by Gasteiger charge is 2.22. The van der Waals surface area contributed by atoms with Gasteiger partial charge in [-0.3, -0.25) is 9.59 Å². The molecule has 1 amide bonds. The van der Waals surface area contributed by atoms with Crippen molar-refractivity contribution in [3.8, 4) is 0 Å². The van der Waals surface area contributed by atoms with Crippen molar-refractivity contribution in [1.82, 2.24) is 25.1 Å². The van der Waals surface area contributed by atoms with Gasteiger partial charge in [-0.1, -0.05) is 30.3 Å². The number of carbonyl (C=O) groups is 1. The second-order valence-corrected chi connectivity index (χ2v) is 7.23. The highest BCUT2D eigenvalue weighted by atomic mass is 16.2. The van der Waals surface area contributed by atoms with E-state index in [2.05, 4.69) is 37.2 Å². The van der Waals surface area contributed by atoms with E-state index in [0.29, 0.717) is 0 Å². The number of hydrogen-bond acceptors (Lipinski definition) is 4. The predicted octanol–water partition coefficient (Wildman–Crippen LogP) is 2.00. The largest absolute Gasteiger partial charge is 0.349 e. The number of benzene rings is 1. The first-order valence-electron chi connectivity index (χ1n) is 9.56. The Morgan fingerprint density at radius 3 is 2.79 bits per heavy atom. The monoisotopic (exact) mass is 377 g/mol. The van der Waals surface area contributed by atoms with Crippen LogP contribution in [-0.2, 0) is 19.4 Å². The van der Waals surface area contributed by atoms with Crippen molar-refractivity contribution < 1.29 is 4.79 Å². The van der Waals surface area contributed by atoms with Gasteiger partial charge in [-0.15, -0.1) is 10.2 Å². The average molecular weight is 377 g/mol. The second-order valence-electron chi connectivity index (χ2n) is 7.23. The molecule has 144 valence electrons. The third kappa shape index (κ3) is 3.88. The van der Waals surface area contributed by atoms with E-state index in [0.717, 1.165) is 49.6 Å². The standard InChI is InChI=1S/C21H23N5O2/c1-14-7-9-17(20(27)22-14)21(28)23-16-8-10-18-24-25-19(26(18)12-11-16)13-15-5-3-2-4-6-15/h2-7,9,16H,8,10-13H2,1H3,(H,22,27)(H,23,28). The first kappa shape index (κ1) is 18.2. The van der Waals surface area contributed by atoms with Crippen molar-refractivity contribution in [2.45, 2.75) is 45.2 Å². The Morgan fingerprint density at radius 2 is 2.00 bits per heavy atom. The summed E-state index contributed by atoms with van der Waals surface area (Å²) in [5.74, 6) is 1.58. The number of aromatic amines is 1. The van der Waals surface area contributed by atoms with E-state index in [1.54, 1.807) is 19.1 Å². The topological polar surface area (TPSA) is 92.7 Å². The Labute approximate surface area is 162 Å². The summed E-state index contributed by atoms with van der Waals surface area (Å²) in [6.45, 7) is 2.54. The number of carbonyl (C=O) groups excluding carboxylic acids is 1. The first-order valence-corrected chi connectivity index (χ1v) is 9.56. The Bertz CT molecular complexity index is 1040. The lowest BCUT2D eigenvalue weighted by molar-refractivity contribution is 0.0931. The highest BCUT2D eigenvalue weighted by Crippen LogP contribution is 2.17. The van der Waals surface area contributed by atoms with Gasteiger partial charge in [0.25, 0.3) is 11.5 Å². The number of nitrogens with one attached hydrogen (secondary N) is 2. The van der Waals surface area contributed by atoms with Gasteiger partial charge in [0.05, 0.1) is 0 Å². The lowest BCUT2D eigenvalue weighted by Gasteiger charge is -2.16. The van der Waals surface area contributed by atoms with E-state index in [9.17, 15) is 9.59 Å². The molecule has 28 heavy (non-hydrogen) atoms. The van der Waals surface area contributed by atoms with Crippen molar-refractivity contribution in [2.24, 2.45) is 0 Å². The molecule has 0 saturated heterocycles. The number of fused-ring (bicyclic) bond motifs is 1. The van der Waals surface area contributed by atoms with Crippen molar-refractivity contribution in [3.05, 3.63) is 81.3 Å². The highest BCUT2D eigenvalue weighted by molar-refractivity contribution is 5.93. The minimum Gasteiger partial charge on any atom is -0.349 e. The number of H-pyrrole nitrogens is 1. The fourth-order valence-corrected chi connectivity index (χ4v) is 3.62. The van der Waals surface area contributed by atoms with Crippen LogP contribution in [0.1, 0.15) is 46.1 Å². The number of pyridine rings is 1. The van der Waals surface area contributed by atoms with Gasteiger partial charge in [0.15, 0.2) is 0 Å². The molecule has 1 aliphatic rings. The molecule has 2 aromatic heterocycles. The zero-order valence-corrected chi connectivity index (χ0v) is 15.8. The van der Waals surface area contributed by atoms with Gasteiger partial charge in [-0.05, 0) is 37.5 Å². The lowest BCUT2D eigenvalue weighted by Crippen LogP contribution is -2.38. The third-order valence-electron chi connectivity index (χ3n) is 5.16. The van der Waals surface area contributed by atoms with E-state index in [1.165, 1.54) is 5.56 Å². The number of hydrogen-bond donors (Lipinski definition) is 2. The molecule has 4 rings (SSSR count). The molecule has 0 spiro atoms. The summed E-state index contributed by atoms with van der Waals surface area (Å²) in [5.41, 5.74) is 1.73. The van der Waals surface area contributed by atoms with Crippen LogP contribution in [0, 0.1) is 6.92 Å². The maximum absolute atomic E-state index is 12.5. The molecule has 3 aromatic rings. The molecular formula is C21H23N5O2. The van der Waals surface area contributed by atoms with Crippen molar-refractivity contribution in [3.63, 3.8) is 0 Å². The number of amides is 1. The van der Waals surface area contributed by atoms with Crippen LogP contribution in [0.15, 0.2) is 47.3 Å². The Hall–Kier alpha value is -3.22. The molecule has 0 fully saturated rings. The van der Waals surface area contributed by atoms with Gasteiger partial charge >= 0.3 is 0 Å². The summed E-state index contributed by atoms with van der Waals surface area (Å²) in [6.07, 6.45) is 3.04. The SMILES string of the molecule is Cc1ccc(C(=O)NC2CCc3nnc(Cc4ccccc4)n3CC2)c(=O)[nH]1. The van der Waals surface area contributed by atoms with Crippen LogP contribution in [0.2, 0.25) is 0 Å². The molecule has 0 bridgehead atoms. The van der Waals surface area contributed by atoms with Crippen molar-refractivity contribution in [2.75, 3.05) is 0 Å². The van der Waals surface area contributed by atoms with Gasteiger partial charge in [-0.2, -0.15) is 0 Å². The van der Waals surface area contributed by atoms with Gasteiger partial charge in [0.1, 0.15) is 17.2 Å². The molecule has 0 aliphatic carbocycles. The average Bonchev–Trinajstić information content (AvgIpc) is 2.94. The van der Waals surface area contributed by atoms with Crippen LogP contribution < -0.4 is 10.9 Å².